The molecule has 6 heteroatoms. The van der Waals surface area contributed by atoms with Crippen molar-refractivity contribution in [1.29, 1.82) is 0 Å². The Bertz CT molecular complexity index is 598. The summed E-state index contributed by atoms with van der Waals surface area (Å²) in [5, 5.41) is 9.47. The predicted molar refractivity (Wildman–Crippen MR) is 90.9 cm³/mol. The average Bonchev–Trinajstić information content (AvgIpc) is 2.62. The highest BCUT2D eigenvalue weighted by Gasteiger charge is 2.30. The summed E-state index contributed by atoms with van der Waals surface area (Å²) in [5.41, 5.74) is 0.862. The molecule has 1 aliphatic heterocycles. The van der Waals surface area contributed by atoms with E-state index in [4.69, 9.17) is 12.2 Å². The number of carbonyl (C=O) groups excluding carboxylic acids is 1. The molecule has 0 spiro atoms. The molecule has 1 saturated heterocycles. The Hall–Kier alpha value is -0.860. The van der Waals surface area contributed by atoms with Gasteiger partial charge in [0.25, 0.3) is 5.91 Å². The van der Waals surface area contributed by atoms with Crippen LogP contribution in [0, 0.1) is 3.57 Å². The summed E-state index contributed by atoms with van der Waals surface area (Å²) in [6.45, 7) is 4.04. The van der Waals surface area contributed by atoms with Crippen molar-refractivity contribution < 1.29 is 9.90 Å². The summed E-state index contributed by atoms with van der Waals surface area (Å²) in [5.74, 6) is 0.134. The van der Waals surface area contributed by atoms with Crippen LogP contribution in [0.25, 0.3) is 6.08 Å². The molecule has 0 saturated carbocycles. The van der Waals surface area contributed by atoms with Crippen molar-refractivity contribution in [3.05, 3.63) is 44.9 Å². The first kappa shape index (κ1) is 14.5. The molecule has 0 radical (unpaired) electrons. The summed E-state index contributed by atoms with van der Waals surface area (Å²) in [6.07, 6.45) is 3.43. The molecule has 1 fully saturated rings. The molecule has 19 heavy (non-hydrogen) atoms. The normalized spacial score (nSPS) is 17.3. The van der Waals surface area contributed by atoms with Crippen LogP contribution in [0.1, 0.15) is 5.56 Å². The minimum atomic E-state index is -0.0991. The number of hydrogen-bond acceptors (Lipinski definition) is 4. The van der Waals surface area contributed by atoms with Crippen LogP contribution in [0.15, 0.2) is 35.8 Å². The van der Waals surface area contributed by atoms with Gasteiger partial charge in [-0.15, -0.1) is 6.58 Å². The van der Waals surface area contributed by atoms with Crippen LogP contribution in [0.2, 0.25) is 0 Å². The molecular formula is C13H10INO2S2. The number of aromatic hydroxyl groups is 1. The zero-order valence-electron chi connectivity index (χ0n) is 9.80. The second-order valence-electron chi connectivity index (χ2n) is 3.79. The summed E-state index contributed by atoms with van der Waals surface area (Å²) >= 11 is 8.49. The number of thiocarbonyl (C=S) groups is 1. The summed E-state index contributed by atoms with van der Waals surface area (Å²) in [4.78, 5) is 14.2. The number of amides is 1. The molecule has 1 amide bonds. The van der Waals surface area contributed by atoms with Crippen molar-refractivity contribution in [3.8, 4) is 5.75 Å². The van der Waals surface area contributed by atoms with Crippen molar-refractivity contribution in [2.24, 2.45) is 0 Å². The lowest BCUT2D eigenvalue weighted by molar-refractivity contribution is -0.121. The maximum absolute atomic E-state index is 12.1. The number of nitrogens with zero attached hydrogens (tertiary/aromatic N) is 1. The van der Waals surface area contributed by atoms with Gasteiger partial charge in [-0.2, -0.15) is 0 Å². The fourth-order valence-electron chi connectivity index (χ4n) is 1.55. The first-order chi connectivity index (χ1) is 9.02. The molecule has 1 N–H and O–H groups in total. The van der Waals surface area contributed by atoms with Crippen LogP contribution in [-0.2, 0) is 4.79 Å². The first-order valence-corrected chi connectivity index (χ1v) is 7.68. The highest BCUT2D eigenvalue weighted by atomic mass is 127. The highest BCUT2D eigenvalue weighted by Crippen LogP contribution is 2.33. The molecular weight excluding hydrogens is 393 g/mol. The van der Waals surface area contributed by atoms with Crippen molar-refractivity contribution in [3.63, 3.8) is 0 Å². The number of phenols is 1. The second kappa shape index (κ2) is 6.06. The Balaban J connectivity index is 2.29. The number of carbonyl (C=O) groups is 1. The monoisotopic (exact) mass is 403 g/mol. The first-order valence-electron chi connectivity index (χ1n) is 5.37. The Morgan fingerprint density at radius 1 is 1.53 bits per heavy atom. The smallest absolute Gasteiger partial charge is 0.266 e. The largest absolute Gasteiger partial charge is 0.507 e. The molecule has 3 nitrogen and oxygen atoms in total. The van der Waals surface area contributed by atoms with Crippen LogP contribution in [0.3, 0.4) is 0 Å². The van der Waals surface area contributed by atoms with Gasteiger partial charge in [-0.1, -0.05) is 36.1 Å². The van der Waals surface area contributed by atoms with E-state index in [2.05, 4.69) is 6.58 Å². The minimum absolute atomic E-state index is 0.0991. The Morgan fingerprint density at radius 2 is 2.26 bits per heavy atom. The number of halogens is 1. The van der Waals surface area contributed by atoms with Crippen LogP contribution < -0.4 is 0 Å². The van der Waals surface area contributed by atoms with Crippen molar-refractivity contribution in [2.75, 3.05) is 6.54 Å². The van der Waals surface area contributed by atoms with Gasteiger partial charge in [0.15, 0.2) is 0 Å². The van der Waals surface area contributed by atoms with Crippen LogP contribution >= 0.6 is 46.6 Å². The number of rotatable bonds is 3. The topological polar surface area (TPSA) is 40.5 Å². The molecule has 2 rings (SSSR count). The number of benzene rings is 1. The zero-order chi connectivity index (χ0) is 14.0. The molecule has 0 bridgehead atoms. The molecule has 1 aromatic carbocycles. The summed E-state index contributed by atoms with van der Waals surface area (Å²) in [7, 11) is 0. The van der Waals surface area contributed by atoms with E-state index >= 15 is 0 Å². The van der Waals surface area contributed by atoms with Crippen molar-refractivity contribution in [1.82, 2.24) is 4.90 Å². The molecule has 0 atom stereocenters. The van der Waals surface area contributed by atoms with E-state index in [9.17, 15) is 9.90 Å². The van der Waals surface area contributed by atoms with E-state index < -0.39 is 0 Å². The summed E-state index contributed by atoms with van der Waals surface area (Å²) in [6, 6.07) is 5.19. The van der Waals surface area contributed by atoms with Crippen LogP contribution in [0.4, 0.5) is 0 Å². The molecule has 0 aliphatic carbocycles. The molecule has 1 heterocycles. The lowest BCUT2D eigenvalue weighted by atomic mass is 10.2. The van der Waals surface area contributed by atoms with Crippen molar-refractivity contribution in [2.45, 2.75) is 0 Å². The highest BCUT2D eigenvalue weighted by molar-refractivity contribution is 14.1. The maximum atomic E-state index is 12.1. The lowest BCUT2D eigenvalue weighted by Crippen LogP contribution is -2.27. The third-order valence-corrected chi connectivity index (χ3v) is 4.70. The van der Waals surface area contributed by atoms with Gasteiger partial charge in [0, 0.05) is 6.54 Å². The van der Waals surface area contributed by atoms with Gasteiger partial charge in [-0.3, -0.25) is 9.69 Å². The molecule has 0 aromatic heterocycles. The molecule has 0 unspecified atom stereocenters. The van der Waals surface area contributed by atoms with Gasteiger partial charge < -0.3 is 5.11 Å². The van der Waals surface area contributed by atoms with Crippen LogP contribution in [-0.4, -0.2) is 26.8 Å². The molecule has 98 valence electrons. The van der Waals surface area contributed by atoms with Crippen LogP contribution in [0.5, 0.6) is 5.75 Å². The zero-order valence-corrected chi connectivity index (χ0v) is 13.6. The van der Waals surface area contributed by atoms with E-state index in [0.29, 0.717) is 15.8 Å². The SMILES string of the molecule is C=CCN1C(=O)/C(=C/c2ccc(O)c(I)c2)SC1=S. The predicted octanol–water partition coefficient (Wildman–Crippen LogP) is 3.38. The maximum Gasteiger partial charge on any atom is 0.266 e. The average molecular weight is 403 g/mol. The second-order valence-corrected chi connectivity index (χ2v) is 6.63. The van der Waals surface area contributed by atoms with Gasteiger partial charge >= 0.3 is 0 Å². The van der Waals surface area contributed by atoms with E-state index in [0.717, 1.165) is 9.13 Å². The minimum Gasteiger partial charge on any atom is -0.507 e. The third-order valence-electron chi connectivity index (χ3n) is 2.45. The fourth-order valence-corrected chi connectivity index (χ4v) is 3.37. The third kappa shape index (κ3) is 3.18. The van der Waals surface area contributed by atoms with Gasteiger partial charge in [-0.05, 0) is 46.4 Å². The van der Waals surface area contributed by atoms with E-state index in [1.165, 1.54) is 16.7 Å². The standard InChI is InChI=1S/C13H10INO2S2/c1-2-5-15-12(17)11(19-13(15)18)7-8-3-4-10(16)9(14)6-8/h2-4,6-7,16H,1,5H2/b11-7-. The number of thioether (sulfide) groups is 1. The molecule has 1 aliphatic rings. The number of phenolic OH excluding ortho intramolecular Hbond substituents is 1. The molecule has 1 aromatic rings. The van der Waals surface area contributed by atoms with Gasteiger partial charge in [0.1, 0.15) is 10.1 Å². The van der Waals surface area contributed by atoms with Gasteiger partial charge in [0.05, 0.1) is 8.48 Å². The Morgan fingerprint density at radius 3 is 2.89 bits per heavy atom. The lowest BCUT2D eigenvalue weighted by Gasteiger charge is -2.10. The number of hydrogen-bond donors (Lipinski definition) is 1. The fraction of sp³-hybridized carbons (Fsp3) is 0.0769. The van der Waals surface area contributed by atoms with Gasteiger partial charge in [-0.25, -0.2) is 0 Å². The van der Waals surface area contributed by atoms with E-state index in [1.54, 1.807) is 24.3 Å². The quantitative estimate of drug-likeness (QED) is 0.364. The van der Waals surface area contributed by atoms with E-state index in [-0.39, 0.29) is 11.7 Å². The van der Waals surface area contributed by atoms with E-state index in [1.807, 2.05) is 28.7 Å². The summed E-state index contributed by atoms with van der Waals surface area (Å²) < 4.78 is 1.29. The Labute approximate surface area is 134 Å². The Kier molecular flexibility index (Phi) is 4.64. The van der Waals surface area contributed by atoms with Gasteiger partial charge in [0.2, 0.25) is 0 Å². The van der Waals surface area contributed by atoms with Crippen molar-refractivity contribution >= 4 is 62.9 Å².